The van der Waals surface area contributed by atoms with Gasteiger partial charge in [0.15, 0.2) is 0 Å². The molecule has 0 unspecified atom stereocenters. The number of rotatable bonds is 9. The van der Waals surface area contributed by atoms with E-state index in [1.807, 2.05) is 19.1 Å². The number of nitrogens with one attached hydrogen (secondary N) is 3. The standard InChI is InChI=1S/C30H39FN4O6/c1-5-21-8-12-24(13-9-21)34-28(39)40-20-30(26(37)32-18-22-6-10-23(31)11-7-22)14-16-35(17-15-30)25(36)19-33-27(38)41-29(2,3)4/h6-13H,5,14-20H2,1-4H3,(H,32,37)(H,33,38)(H,34,39). The molecule has 1 heterocycles. The van der Waals surface area contributed by atoms with Crippen LogP contribution < -0.4 is 16.0 Å². The van der Waals surface area contributed by atoms with Crippen LogP contribution >= 0.6 is 0 Å². The number of anilines is 1. The maximum atomic E-state index is 13.5. The van der Waals surface area contributed by atoms with Gasteiger partial charge in [-0.05, 0) is 75.4 Å². The number of carbonyl (C=O) groups is 4. The van der Waals surface area contributed by atoms with Gasteiger partial charge in [-0.25, -0.2) is 14.0 Å². The van der Waals surface area contributed by atoms with Crippen molar-refractivity contribution in [2.45, 2.75) is 59.1 Å². The molecule has 1 aliphatic rings. The maximum Gasteiger partial charge on any atom is 0.411 e. The predicted octanol–water partition coefficient (Wildman–Crippen LogP) is 4.39. The number of hydrogen-bond donors (Lipinski definition) is 3. The maximum absolute atomic E-state index is 13.5. The van der Waals surface area contributed by atoms with E-state index in [1.54, 1.807) is 49.9 Å². The number of ether oxygens (including phenoxy) is 2. The van der Waals surface area contributed by atoms with Crippen molar-refractivity contribution in [1.82, 2.24) is 15.5 Å². The minimum absolute atomic E-state index is 0.166. The largest absolute Gasteiger partial charge is 0.448 e. The Bertz CT molecular complexity index is 1200. The number of aryl methyl sites for hydroxylation is 1. The van der Waals surface area contributed by atoms with Crippen molar-refractivity contribution < 1.29 is 33.0 Å². The topological polar surface area (TPSA) is 126 Å². The molecule has 3 N–H and O–H groups in total. The summed E-state index contributed by atoms with van der Waals surface area (Å²) in [4.78, 5) is 52.3. The first-order valence-electron chi connectivity index (χ1n) is 13.7. The number of nitrogens with zero attached hydrogens (tertiary/aromatic N) is 1. The van der Waals surface area contributed by atoms with Crippen molar-refractivity contribution in [3.8, 4) is 0 Å². The van der Waals surface area contributed by atoms with Gasteiger partial charge in [0, 0.05) is 25.3 Å². The second-order valence-electron chi connectivity index (χ2n) is 11.1. The molecule has 0 atom stereocenters. The minimum Gasteiger partial charge on any atom is -0.448 e. The van der Waals surface area contributed by atoms with Crippen molar-refractivity contribution in [2.75, 3.05) is 31.6 Å². The van der Waals surface area contributed by atoms with Gasteiger partial charge >= 0.3 is 12.2 Å². The van der Waals surface area contributed by atoms with Crippen LogP contribution in [0.1, 0.15) is 51.7 Å². The molecule has 1 saturated heterocycles. The van der Waals surface area contributed by atoms with E-state index in [0.29, 0.717) is 11.3 Å². The van der Waals surface area contributed by atoms with E-state index in [1.165, 1.54) is 12.1 Å². The predicted molar refractivity (Wildman–Crippen MR) is 152 cm³/mol. The summed E-state index contributed by atoms with van der Waals surface area (Å²) in [7, 11) is 0. The fourth-order valence-corrected chi connectivity index (χ4v) is 4.35. The summed E-state index contributed by atoms with van der Waals surface area (Å²) in [5.74, 6) is -1.02. The molecular formula is C30H39FN4O6. The van der Waals surface area contributed by atoms with Gasteiger partial charge in [0.05, 0.1) is 5.41 Å². The van der Waals surface area contributed by atoms with Gasteiger partial charge in [0.1, 0.15) is 24.6 Å². The summed E-state index contributed by atoms with van der Waals surface area (Å²) in [6, 6.07) is 13.2. The Morgan fingerprint density at radius 3 is 2.10 bits per heavy atom. The highest BCUT2D eigenvalue weighted by Crippen LogP contribution is 2.33. The van der Waals surface area contributed by atoms with E-state index in [4.69, 9.17) is 9.47 Å². The molecule has 2 aromatic rings. The van der Waals surface area contributed by atoms with E-state index < -0.39 is 23.2 Å². The lowest BCUT2D eigenvalue weighted by atomic mass is 9.78. The van der Waals surface area contributed by atoms with Crippen LogP contribution in [0.5, 0.6) is 0 Å². The molecule has 11 heteroatoms. The van der Waals surface area contributed by atoms with Gasteiger partial charge in [0.25, 0.3) is 0 Å². The van der Waals surface area contributed by atoms with Crippen LogP contribution in [0.25, 0.3) is 0 Å². The van der Waals surface area contributed by atoms with E-state index in [9.17, 15) is 23.6 Å². The van der Waals surface area contributed by atoms with Crippen LogP contribution in [0.4, 0.5) is 19.7 Å². The molecule has 0 radical (unpaired) electrons. The van der Waals surface area contributed by atoms with Crippen molar-refractivity contribution in [1.29, 1.82) is 0 Å². The van der Waals surface area contributed by atoms with E-state index in [2.05, 4.69) is 16.0 Å². The molecule has 10 nitrogen and oxygen atoms in total. The van der Waals surface area contributed by atoms with E-state index >= 15 is 0 Å². The fourth-order valence-electron chi connectivity index (χ4n) is 4.35. The number of hydrogen-bond acceptors (Lipinski definition) is 6. The average molecular weight is 571 g/mol. The lowest BCUT2D eigenvalue weighted by Crippen LogP contribution is -2.53. The Kier molecular flexibility index (Phi) is 10.7. The van der Waals surface area contributed by atoms with E-state index in [0.717, 1.165) is 12.0 Å². The number of alkyl carbamates (subject to hydrolysis) is 1. The van der Waals surface area contributed by atoms with Crippen LogP contribution in [0.3, 0.4) is 0 Å². The van der Waals surface area contributed by atoms with Crippen molar-refractivity contribution in [2.24, 2.45) is 5.41 Å². The molecule has 0 spiro atoms. The Hall–Kier alpha value is -4.15. The Balaban J connectivity index is 1.62. The highest BCUT2D eigenvalue weighted by atomic mass is 19.1. The summed E-state index contributed by atoms with van der Waals surface area (Å²) in [6.45, 7) is 7.39. The van der Waals surface area contributed by atoms with Crippen molar-refractivity contribution in [3.63, 3.8) is 0 Å². The SMILES string of the molecule is CCc1ccc(NC(=O)OCC2(C(=O)NCc3ccc(F)cc3)CCN(C(=O)CNC(=O)OC(C)(C)C)CC2)cc1. The third-order valence-corrected chi connectivity index (χ3v) is 6.79. The summed E-state index contributed by atoms with van der Waals surface area (Å²) < 4.78 is 24.0. The number of halogens is 1. The molecule has 2 aromatic carbocycles. The number of piperidine rings is 1. The first-order valence-corrected chi connectivity index (χ1v) is 13.7. The zero-order valence-electron chi connectivity index (χ0n) is 24.1. The van der Waals surface area contributed by atoms with Crippen molar-refractivity contribution in [3.05, 3.63) is 65.5 Å². The zero-order valence-corrected chi connectivity index (χ0v) is 24.1. The molecule has 1 aliphatic heterocycles. The van der Waals surface area contributed by atoms with Crippen LogP contribution in [0.15, 0.2) is 48.5 Å². The fraction of sp³-hybridized carbons (Fsp3) is 0.467. The summed E-state index contributed by atoms with van der Waals surface area (Å²) in [6.07, 6.45) is -0.0459. The molecule has 0 bridgehead atoms. The van der Waals surface area contributed by atoms with Crippen LogP contribution in [-0.2, 0) is 32.0 Å². The summed E-state index contributed by atoms with van der Waals surface area (Å²) in [5, 5.41) is 8.00. The van der Waals surface area contributed by atoms with Gasteiger partial charge < -0.3 is 25.0 Å². The smallest absolute Gasteiger partial charge is 0.411 e. The second kappa shape index (κ2) is 14.0. The number of amides is 4. The van der Waals surface area contributed by atoms with Gasteiger partial charge in [-0.2, -0.15) is 0 Å². The molecule has 222 valence electrons. The van der Waals surface area contributed by atoms with Crippen molar-refractivity contribution >= 4 is 29.7 Å². The van der Waals surface area contributed by atoms with Gasteiger partial charge in [-0.3, -0.25) is 14.9 Å². The Labute approximate surface area is 239 Å². The molecule has 0 aromatic heterocycles. The third-order valence-electron chi connectivity index (χ3n) is 6.79. The molecule has 4 amide bonds. The summed E-state index contributed by atoms with van der Waals surface area (Å²) >= 11 is 0. The van der Waals surface area contributed by atoms with Gasteiger partial charge in [-0.15, -0.1) is 0 Å². The monoisotopic (exact) mass is 570 g/mol. The Morgan fingerprint density at radius 2 is 1.51 bits per heavy atom. The number of likely N-dealkylation sites (tertiary alicyclic amines) is 1. The molecular weight excluding hydrogens is 531 g/mol. The third kappa shape index (κ3) is 9.77. The van der Waals surface area contributed by atoms with Gasteiger partial charge in [-0.1, -0.05) is 31.2 Å². The zero-order chi connectivity index (χ0) is 30.0. The van der Waals surface area contributed by atoms with Crippen LogP contribution in [0.2, 0.25) is 0 Å². The highest BCUT2D eigenvalue weighted by Gasteiger charge is 2.43. The van der Waals surface area contributed by atoms with Gasteiger partial charge in [0.2, 0.25) is 11.8 Å². The van der Waals surface area contributed by atoms with Crippen LogP contribution in [0, 0.1) is 11.2 Å². The second-order valence-corrected chi connectivity index (χ2v) is 11.1. The number of benzene rings is 2. The minimum atomic E-state index is -1.08. The lowest BCUT2D eigenvalue weighted by molar-refractivity contribution is -0.142. The highest BCUT2D eigenvalue weighted by molar-refractivity contribution is 5.87. The van der Waals surface area contributed by atoms with E-state index in [-0.39, 0.29) is 63.3 Å². The quantitative estimate of drug-likeness (QED) is 0.411. The molecule has 3 rings (SSSR count). The first kappa shape index (κ1) is 31.4. The normalized spacial score (nSPS) is 14.5. The summed E-state index contributed by atoms with van der Waals surface area (Å²) in [5.41, 5.74) is 0.636. The molecule has 1 fully saturated rings. The number of carbonyl (C=O) groups excluding carboxylic acids is 4. The molecule has 41 heavy (non-hydrogen) atoms. The molecule has 0 saturated carbocycles. The average Bonchev–Trinajstić information content (AvgIpc) is 2.94. The molecule has 0 aliphatic carbocycles. The van der Waals surface area contributed by atoms with Crippen LogP contribution in [-0.4, -0.2) is 60.7 Å². The Morgan fingerprint density at radius 1 is 0.902 bits per heavy atom. The lowest BCUT2D eigenvalue weighted by Gasteiger charge is -2.40. The first-order chi connectivity index (χ1) is 19.4.